The molecule has 3 aliphatic rings. The van der Waals surface area contributed by atoms with Crippen LogP contribution in [0.4, 0.5) is 5.69 Å². The van der Waals surface area contributed by atoms with Crippen molar-refractivity contribution in [1.29, 1.82) is 0 Å². The van der Waals surface area contributed by atoms with Crippen LogP contribution in [0.3, 0.4) is 0 Å². The Labute approximate surface area is 178 Å². The van der Waals surface area contributed by atoms with Gasteiger partial charge in [-0.3, -0.25) is 19.3 Å². The van der Waals surface area contributed by atoms with E-state index < -0.39 is 0 Å². The first-order valence-electron chi connectivity index (χ1n) is 11.3. The summed E-state index contributed by atoms with van der Waals surface area (Å²) < 4.78 is 0. The van der Waals surface area contributed by atoms with Crippen molar-refractivity contribution < 1.29 is 14.4 Å². The third kappa shape index (κ3) is 4.83. The Kier molecular flexibility index (Phi) is 6.67. The number of piperazine rings is 1. The van der Waals surface area contributed by atoms with Crippen molar-refractivity contribution in [2.75, 3.05) is 50.7 Å². The van der Waals surface area contributed by atoms with E-state index in [-0.39, 0.29) is 30.1 Å². The van der Waals surface area contributed by atoms with Gasteiger partial charge in [0.25, 0.3) is 0 Å². The maximum Gasteiger partial charge on any atom is 0.227 e. The Hall–Kier alpha value is -2.41. The molecule has 1 aromatic rings. The normalized spacial score (nSPS) is 23.2. The van der Waals surface area contributed by atoms with E-state index in [2.05, 4.69) is 10.2 Å². The van der Waals surface area contributed by atoms with Gasteiger partial charge in [0.2, 0.25) is 17.7 Å². The molecule has 0 aromatic heterocycles. The summed E-state index contributed by atoms with van der Waals surface area (Å²) in [6.07, 6.45) is 4.74. The van der Waals surface area contributed by atoms with E-state index in [4.69, 9.17) is 0 Å². The molecule has 3 fully saturated rings. The van der Waals surface area contributed by atoms with Crippen LogP contribution in [0.15, 0.2) is 30.3 Å². The molecule has 2 aliphatic heterocycles. The zero-order valence-corrected chi connectivity index (χ0v) is 17.6. The number of para-hydroxylation sites is 1. The van der Waals surface area contributed by atoms with Gasteiger partial charge in [-0.1, -0.05) is 31.0 Å². The molecule has 30 heavy (non-hydrogen) atoms. The Balaban J connectivity index is 1.16. The molecule has 1 unspecified atom stereocenters. The van der Waals surface area contributed by atoms with E-state index in [1.54, 1.807) is 4.90 Å². The molecule has 3 amide bonds. The molecule has 162 valence electrons. The smallest absolute Gasteiger partial charge is 0.227 e. The molecule has 0 spiro atoms. The number of rotatable bonds is 6. The molecule has 2 heterocycles. The lowest BCUT2D eigenvalue weighted by Crippen LogP contribution is -2.51. The second kappa shape index (κ2) is 9.60. The third-order valence-corrected chi connectivity index (χ3v) is 6.68. The van der Waals surface area contributed by atoms with Crippen LogP contribution in [0.2, 0.25) is 0 Å². The topological polar surface area (TPSA) is 73.0 Å². The van der Waals surface area contributed by atoms with Crippen LogP contribution >= 0.6 is 0 Å². The summed E-state index contributed by atoms with van der Waals surface area (Å²) in [5.74, 6) is 0.259. The molecular weight excluding hydrogens is 380 g/mol. The number of nitrogens with zero attached hydrogens (tertiary/aromatic N) is 3. The van der Waals surface area contributed by atoms with Crippen LogP contribution in [0.1, 0.15) is 32.1 Å². The molecule has 0 radical (unpaired) electrons. The highest BCUT2D eigenvalue weighted by Crippen LogP contribution is 2.27. The van der Waals surface area contributed by atoms with Crippen LogP contribution in [-0.4, -0.2) is 73.3 Å². The van der Waals surface area contributed by atoms with Crippen LogP contribution in [-0.2, 0) is 14.4 Å². The molecule has 1 atom stereocenters. The average Bonchev–Trinajstić information content (AvgIpc) is 3.44. The lowest BCUT2D eigenvalue weighted by atomic mass is 10.1. The Bertz CT molecular complexity index is 755. The minimum atomic E-state index is -0.293. The molecule has 7 heteroatoms. The van der Waals surface area contributed by atoms with Crippen molar-refractivity contribution in [2.45, 2.75) is 32.1 Å². The van der Waals surface area contributed by atoms with Crippen molar-refractivity contribution >= 4 is 23.4 Å². The van der Waals surface area contributed by atoms with E-state index in [0.717, 1.165) is 51.3 Å². The predicted molar refractivity (Wildman–Crippen MR) is 115 cm³/mol. The minimum absolute atomic E-state index is 0.00408. The summed E-state index contributed by atoms with van der Waals surface area (Å²) in [6, 6.07) is 9.51. The number of carbonyl (C=O) groups is 3. The van der Waals surface area contributed by atoms with Crippen LogP contribution in [0.25, 0.3) is 0 Å². The Morgan fingerprint density at radius 2 is 1.67 bits per heavy atom. The van der Waals surface area contributed by atoms with E-state index >= 15 is 0 Å². The van der Waals surface area contributed by atoms with Gasteiger partial charge in [-0.25, -0.2) is 0 Å². The van der Waals surface area contributed by atoms with Gasteiger partial charge in [0, 0.05) is 63.8 Å². The van der Waals surface area contributed by atoms with Gasteiger partial charge in [-0.2, -0.15) is 0 Å². The molecule has 1 saturated carbocycles. The van der Waals surface area contributed by atoms with Gasteiger partial charge < -0.3 is 15.1 Å². The fourth-order valence-corrected chi connectivity index (χ4v) is 4.85. The monoisotopic (exact) mass is 412 g/mol. The van der Waals surface area contributed by atoms with E-state index in [1.165, 1.54) is 12.8 Å². The molecule has 1 aromatic carbocycles. The summed E-state index contributed by atoms with van der Waals surface area (Å²) in [7, 11) is 0. The van der Waals surface area contributed by atoms with Crippen molar-refractivity contribution in [3.63, 3.8) is 0 Å². The summed E-state index contributed by atoms with van der Waals surface area (Å²) in [6.45, 7) is 5.08. The molecular formula is C23H32N4O3. The SMILES string of the molecule is O=C(NCCN1CCN(C(=O)C2CCCC2)CC1)C1CC(=O)N(c2ccccc2)C1. The quantitative estimate of drug-likeness (QED) is 0.768. The highest BCUT2D eigenvalue weighted by Gasteiger charge is 2.35. The summed E-state index contributed by atoms with van der Waals surface area (Å²) in [5.41, 5.74) is 0.850. The third-order valence-electron chi connectivity index (χ3n) is 6.68. The zero-order chi connectivity index (χ0) is 20.9. The molecule has 4 rings (SSSR count). The first-order chi connectivity index (χ1) is 14.6. The van der Waals surface area contributed by atoms with Gasteiger partial charge in [0.15, 0.2) is 0 Å². The predicted octanol–water partition coefficient (Wildman–Crippen LogP) is 1.49. The highest BCUT2D eigenvalue weighted by atomic mass is 16.2. The number of benzene rings is 1. The summed E-state index contributed by atoms with van der Waals surface area (Å²) >= 11 is 0. The maximum atomic E-state index is 12.5. The van der Waals surface area contributed by atoms with Gasteiger partial charge in [0.05, 0.1) is 5.92 Å². The fraction of sp³-hybridized carbons (Fsp3) is 0.609. The highest BCUT2D eigenvalue weighted by molar-refractivity contribution is 6.00. The first kappa shape index (κ1) is 20.8. The van der Waals surface area contributed by atoms with E-state index in [1.807, 2.05) is 35.2 Å². The molecule has 1 N–H and O–H groups in total. The largest absolute Gasteiger partial charge is 0.355 e. The van der Waals surface area contributed by atoms with Crippen molar-refractivity contribution in [3.05, 3.63) is 30.3 Å². The van der Waals surface area contributed by atoms with Gasteiger partial charge >= 0.3 is 0 Å². The molecule has 0 bridgehead atoms. The van der Waals surface area contributed by atoms with Gasteiger partial charge in [-0.15, -0.1) is 0 Å². The number of nitrogens with one attached hydrogen (secondary N) is 1. The van der Waals surface area contributed by atoms with Crippen LogP contribution in [0, 0.1) is 11.8 Å². The second-order valence-electron chi connectivity index (χ2n) is 8.68. The lowest BCUT2D eigenvalue weighted by molar-refractivity contribution is -0.137. The van der Waals surface area contributed by atoms with Crippen molar-refractivity contribution in [2.24, 2.45) is 11.8 Å². The number of amides is 3. The summed E-state index contributed by atoms with van der Waals surface area (Å²) in [4.78, 5) is 43.4. The second-order valence-corrected chi connectivity index (χ2v) is 8.68. The van der Waals surface area contributed by atoms with E-state index in [9.17, 15) is 14.4 Å². The fourth-order valence-electron chi connectivity index (χ4n) is 4.85. The minimum Gasteiger partial charge on any atom is -0.355 e. The summed E-state index contributed by atoms with van der Waals surface area (Å²) in [5, 5.41) is 3.00. The lowest BCUT2D eigenvalue weighted by Gasteiger charge is -2.36. The van der Waals surface area contributed by atoms with Crippen LogP contribution in [0.5, 0.6) is 0 Å². The number of hydrogen-bond donors (Lipinski definition) is 1. The molecule has 2 saturated heterocycles. The van der Waals surface area contributed by atoms with Crippen LogP contribution < -0.4 is 10.2 Å². The van der Waals surface area contributed by atoms with E-state index in [0.29, 0.717) is 19.0 Å². The number of carbonyl (C=O) groups excluding carboxylic acids is 3. The Morgan fingerprint density at radius 1 is 0.967 bits per heavy atom. The van der Waals surface area contributed by atoms with Gasteiger partial charge in [-0.05, 0) is 25.0 Å². The standard InChI is InChI=1S/C23H32N4O3/c28-21-16-19(17-27(21)20-8-2-1-3-9-20)22(29)24-10-11-25-12-14-26(15-13-25)23(30)18-6-4-5-7-18/h1-3,8-9,18-19H,4-7,10-17H2,(H,24,29). The maximum absolute atomic E-state index is 12.5. The van der Waals surface area contributed by atoms with Crippen molar-refractivity contribution in [3.8, 4) is 0 Å². The molecule has 1 aliphatic carbocycles. The molecule has 7 nitrogen and oxygen atoms in total. The number of hydrogen-bond acceptors (Lipinski definition) is 4. The average molecular weight is 413 g/mol. The zero-order valence-electron chi connectivity index (χ0n) is 17.6. The van der Waals surface area contributed by atoms with Gasteiger partial charge in [0.1, 0.15) is 0 Å². The van der Waals surface area contributed by atoms with Crippen molar-refractivity contribution in [1.82, 2.24) is 15.1 Å². The first-order valence-corrected chi connectivity index (χ1v) is 11.3. The Morgan fingerprint density at radius 3 is 2.37 bits per heavy atom. The number of anilines is 1.